The Balaban J connectivity index is 2.64. The van der Waals surface area contributed by atoms with E-state index in [1.807, 2.05) is 38.0 Å². The topological polar surface area (TPSA) is 57.7 Å². The zero-order valence-corrected chi connectivity index (χ0v) is 10.3. The van der Waals surface area contributed by atoms with E-state index >= 15 is 0 Å². The molecule has 0 aliphatic carbocycles. The highest BCUT2D eigenvalue weighted by molar-refractivity contribution is 5.88. The number of aromatic amines is 1. The van der Waals surface area contributed by atoms with Crippen LogP contribution in [0.5, 0.6) is 0 Å². The number of anilines is 2. The van der Waals surface area contributed by atoms with Crippen LogP contribution in [-0.4, -0.2) is 28.9 Å². The molecule has 2 aromatic rings. The van der Waals surface area contributed by atoms with Gasteiger partial charge in [-0.3, -0.25) is 5.10 Å². The van der Waals surface area contributed by atoms with Crippen LogP contribution in [0.25, 0.3) is 16.8 Å². The van der Waals surface area contributed by atoms with E-state index in [1.165, 1.54) is 0 Å². The highest BCUT2D eigenvalue weighted by Crippen LogP contribution is 2.37. The zero-order valence-electron chi connectivity index (χ0n) is 10.3. The average Bonchev–Trinajstić information content (AvgIpc) is 2.94. The maximum absolute atomic E-state index is 3.98. The Bertz CT molecular complexity index is 521. The Hall–Kier alpha value is -2.17. The Morgan fingerprint density at radius 2 is 2.18 bits per heavy atom. The van der Waals surface area contributed by atoms with Crippen molar-refractivity contribution in [2.24, 2.45) is 0 Å². The number of hydrogen-bond acceptors (Lipinski definition) is 3. The van der Waals surface area contributed by atoms with Gasteiger partial charge in [-0.25, -0.2) is 0 Å². The van der Waals surface area contributed by atoms with Gasteiger partial charge in [0.05, 0.1) is 11.9 Å². The maximum Gasteiger partial charge on any atom is 0.134 e. The van der Waals surface area contributed by atoms with Gasteiger partial charge in [0.25, 0.3) is 0 Å². The van der Waals surface area contributed by atoms with Crippen LogP contribution in [-0.2, 0) is 0 Å². The molecule has 0 spiro atoms. The van der Waals surface area contributed by atoms with Crippen LogP contribution >= 0.6 is 0 Å². The van der Waals surface area contributed by atoms with E-state index in [4.69, 9.17) is 0 Å². The van der Waals surface area contributed by atoms with Crippen LogP contribution in [0.15, 0.2) is 25.2 Å². The molecule has 0 aliphatic heterocycles. The van der Waals surface area contributed by atoms with E-state index in [-0.39, 0.29) is 0 Å². The van der Waals surface area contributed by atoms with Crippen molar-refractivity contribution in [3.63, 3.8) is 0 Å². The molecule has 90 valence electrons. The smallest absolute Gasteiger partial charge is 0.134 e. The van der Waals surface area contributed by atoms with Gasteiger partial charge in [-0.1, -0.05) is 6.58 Å². The lowest BCUT2D eigenvalue weighted by molar-refractivity contribution is 1.09. The van der Waals surface area contributed by atoms with Gasteiger partial charge < -0.3 is 15.2 Å². The highest BCUT2D eigenvalue weighted by Gasteiger charge is 2.16. The molecule has 5 heteroatoms. The summed E-state index contributed by atoms with van der Waals surface area (Å²) < 4.78 is 2.02. The number of aromatic nitrogens is 3. The van der Waals surface area contributed by atoms with Crippen molar-refractivity contribution >= 4 is 17.2 Å². The lowest BCUT2D eigenvalue weighted by Crippen LogP contribution is -2.01. The second kappa shape index (κ2) is 4.37. The standard InChI is InChI=1S/C12H17N5/c1-8(2)17-7-10(9-5-15-16-6-9)11(13-3)12(17)14-4/h5-7,13-14H,1H2,2-4H3,(H,15,16). The monoisotopic (exact) mass is 231 g/mol. The molecule has 0 amide bonds. The van der Waals surface area contributed by atoms with E-state index in [1.54, 1.807) is 6.20 Å². The van der Waals surface area contributed by atoms with Gasteiger partial charge in [-0.15, -0.1) is 0 Å². The van der Waals surface area contributed by atoms with Crippen LogP contribution in [0.4, 0.5) is 11.5 Å². The van der Waals surface area contributed by atoms with Crippen molar-refractivity contribution in [3.05, 3.63) is 25.2 Å². The largest absolute Gasteiger partial charge is 0.385 e. The van der Waals surface area contributed by atoms with Crippen LogP contribution in [0.2, 0.25) is 0 Å². The van der Waals surface area contributed by atoms with Crippen LogP contribution in [0.3, 0.4) is 0 Å². The number of nitrogens with one attached hydrogen (secondary N) is 3. The van der Waals surface area contributed by atoms with Crippen molar-refractivity contribution in [2.75, 3.05) is 24.7 Å². The molecule has 2 rings (SSSR count). The average molecular weight is 231 g/mol. The molecule has 17 heavy (non-hydrogen) atoms. The quantitative estimate of drug-likeness (QED) is 0.757. The Labute approximate surface area is 101 Å². The number of rotatable bonds is 4. The summed E-state index contributed by atoms with van der Waals surface area (Å²) in [6, 6.07) is 0. The van der Waals surface area contributed by atoms with Gasteiger partial charge in [0.1, 0.15) is 5.82 Å². The summed E-state index contributed by atoms with van der Waals surface area (Å²) >= 11 is 0. The minimum Gasteiger partial charge on any atom is -0.385 e. The van der Waals surface area contributed by atoms with Crippen molar-refractivity contribution in [3.8, 4) is 11.1 Å². The fraction of sp³-hybridized carbons (Fsp3) is 0.250. The summed E-state index contributed by atoms with van der Waals surface area (Å²) in [5, 5.41) is 13.2. The molecule has 0 saturated heterocycles. The molecular formula is C12H17N5. The molecule has 0 bridgehead atoms. The van der Waals surface area contributed by atoms with Crippen LogP contribution in [0, 0.1) is 0 Å². The first kappa shape index (κ1) is 11.3. The summed E-state index contributed by atoms with van der Waals surface area (Å²) in [4.78, 5) is 0. The van der Waals surface area contributed by atoms with Crippen LogP contribution < -0.4 is 10.6 Å². The van der Waals surface area contributed by atoms with E-state index in [0.29, 0.717) is 0 Å². The molecule has 0 aliphatic rings. The molecule has 0 aromatic carbocycles. The molecule has 5 nitrogen and oxygen atoms in total. The first-order valence-electron chi connectivity index (χ1n) is 5.45. The van der Waals surface area contributed by atoms with Gasteiger partial charge in [0.15, 0.2) is 0 Å². The van der Waals surface area contributed by atoms with E-state index in [0.717, 1.165) is 28.3 Å². The fourth-order valence-electron chi connectivity index (χ4n) is 1.92. The molecule has 0 fully saturated rings. The molecule has 3 N–H and O–H groups in total. The lowest BCUT2D eigenvalue weighted by Gasteiger charge is -2.09. The molecule has 2 heterocycles. The summed E-state index contributed by atoms with van der Waals surface area (Å²) in [5.74, 6) is 0.996. The highest BCUT2D eigenvalue weighted by atomic mass is 15.1. The summed E-state index contributed by atoms with van der Waals surface area (Å²) in [6.45, 7) is 5.95. The Kier molecular flexibility index (Phi) is 2.91. The second-order valence-corrected chi connectivity index (χ2v) is 3.86. The van der Waals surface area contributed by atoms with Crippen molar-refractivity contribution in [1.82, 2.24) is 14.8 Å². The van der Waals surface area contributed by atoms with Crippen LogP contribution in [0.1, 0.15) is 6.92 Å². The van der Waals surface area contributed by atoms with Gasteiger partial charge in [0, 0.05) is 43.3 Å². The SMILES string of the molecule is C=C(C)n1cc(-c2cn[nH]c2)c(NC)c1NC. The minimum atomic E-state index is 0.959. The van der Waals surface area contributed by atoms with E-state index in [2.05, 4.69) is 27.4 Å². The Morgan fingerprint density at radius 3 is 2.65 bits per heavy atom. The molecule has 0 unspecified atom stereocenters. The third-order valence-electron chi connectivity index (χ3n) is 2.71. The molecular weight excluding hydrogens is 214 g/mol. The molecule has 0 atom stereocenters. The summed E-state index contributed by atoms with van der Waals surface area (Å²) in [5.41, 5.74) is 4.14. The maximum atomic E-state index is 3.98. The predicted molar refractivity (Wildman–Crippen MR) is 72.1 cm³/mol. The third-order valence-corrected chi connectivity index (χ3v) is 2.71. The molecule has 2 aromatic heterocycles. The minimum absolute atomic E-state index is 0.959. The van der Waals surface area contributed by atoms with Crippen molar-refractivity contribution in [2.45, 2.75) is 6.92 Å². The van der Waals surface area contributed by atoms with Crippen molar-refractivity contribution < 1.29 is 0 Å². The Morgan fingerprint density at radius 1 is 1.41 bits per heavy atom. The van der Waals surface area contributed by atoms with E-state index in [9.17, 15) is 0 Å². The van der Waals surface area contributed by atoms with Crippen molar-refractivity contribution in [1.29, 1.82) is 0 Å². The lowest BCUT2D eigenvalue weighted by atomic mass is 10.1. The molecule has 0 saturated carbocycles. The van der Waals surface area contributed by atoms with E-state index < -0.39 is 0 Å². The number of nitrogens with zero attached hydrogens (tertiary/aromatic N) is 2. The second-order valence-electron chi connectivity index (χ2n) is 3.86. The van der Waals surface area contributed by atoms with Gasteiger partial charge >= 0.3 is 0 Å². The van der Waals surface area contributed by atoms with Gasteiger partial charge in [-0.2, -0.15) is 5.10 Å². The fourth-order valence-corrected chi connectivity index (χ4v) is 1.92. The van der Waals surface area contributed by atoms with Gasteiger partial charge in [-0.05, 0) is 6.92 Å². The first-order chi connectivity index (χ1) is 8.19. The van der Waals surface area contributed by atoms with Gasteiger partial charge in [0.2, 0.25) is 0 Å². The predicted octanol–water partition coefficient (Wildman–Crippen LogP) is 2.45. The first-order valence-corrected chi connectivity index (χ1v) is 5.45. The number of allylic oxidation sites excluding steroid dienone is 1. The summed E-state index contributed by atoms with van der Waals surface area (Å²) in [6.07, 6.45) is 5.72. The summed E-state index contributed by atoms with van der Waals surface area (Å²) in [7, 11) is 3.80. The zero-order chi connectivity index (χ0) is 12.4. The molecule has 0 radical (unpaired) electrons. The third kappa shape index (κ3) is 1.80. The normalized spacial score (nSPS) is 10.3. The number of hydrogen-bond donors (Lipinski definition) is 3. The number of H-pyrrole nitrogens is 1.